The first-order valence-corrected chi connectivity index (χ1v) is 24.7. The van der Waals surface area contributed by atoms with E-state index in [9.17, 15) is 32.8 Å². The van der Waals surface area contributed by atoms with Crippen molar-refractivity contribution >= 4 is 55.8 Å². The number of fused-ring (bicyclic) bond motifs is 1. The fraction of sp³-hybridized carbons (Fsp3) is 0.479. The fourth-order valence-electron chi connectivity index (χ4n) is 10.7. The Morgan fingerprint density at radius 3 is 2.53 bits per heavy atom. The number of amides is 1. The van der Waals surface area contributed by atoms with E-state index in [1.807, 2.05) is 4.72 Å². The third-order valence-electron chi connectivity index (χ3n) is 14.5. The Labute approximate surface area is 388 Å². The van der Waals surface area contributed by atoms with E-state index in [2.05, 4.69) is 68.2 Å². The van der Waals surface area contributed by atoms with Crippen LogP contribution in [-0.4, -0.2) is 88.6 Å². The van der Waals surface area contributed by atoms with Crippen LogP contribution in [0.25, 0.3) is 11.0 Å². The minimum atomic E-state index is -4.71. The summed E-state index contributed by atoms with van der Waals surface area (Å²) in [5.41, 5.74) is 2.57. The average molecular weight is 944 g/mol. The molecule has 9 rings (SSSR count). The van der Waals surface area contributed by atoms with Crippen molar-refractivity contribution < 1.29 is 32.4 Å². The Kier molecular flexibility index (Phi) is 12.5. The summed E-state index contributed by atoms with van der Waals surface area (Å²) in [7, 11) is -4.71. The zero-order chi connectivity index (χ0) is 46.5. The first kappa shape index (κ1) is 45.8. The molecule has 2 aliphatic heterocycles. The van der Waals surface area contributed by atoms with Crippen molar-refractivity contribution in [1.82, 2.24) is 24.6 Å². The first-order chi connectivity index (χ1) is 31.5. The quantitative estimate of drug-likeness (QED) is 0.0497. The van der Waals surface area contributed by atoms with Crippen molar-refractivity contribution in [2.75, 3.05) is 42.9 Å². The molecule has 4 N–H and O–H groups in total. The molecule has 5 aromatic rings. The summed E-state index contributed by atoms with van der Waals surface area (Å²) < 4.78 is 50.4. The molecule has 2 saturated heterocycles. The van der Waals surface area contributed by atoms with Crippen LogP contribution in [0.4, 0.5) is 21.6 Å². The summed E-state index contributed by atoms with van der Waals surface area (Å²) in [5.74, 6) is -0.753. The van der Waals surface area contributed by atoms with Crippen molar-refractivity contribution in [2.24, 2.45) is 11.3 Å². The molecule has 18 heteroatoms. The highest BCUT2D eigenvalue weighted by atomic mass is 35.5. The van der Waals surface area contributed by atoms with Gasteiger partial charge in [0.2, 0.25) is 5.82 Å². The molecule has 1 amide bonds. The first-order valence-electron chi connectivity index (χ1n) is 22.9. The third-order valence-corrected chi connectivity index (χ3v) is 16.1. The number of carbonyl (C=O) groups is 1. The van der Waals surface area contributed by atoms with Gasteiger partial charge in [-0.15, -0.1) is 0 Å². The number of piperidine rings is 1. The van der Waals surface area contributed by atoms with Crippen molar-refractivity contribution in [3.63, 3.8) is 0 Å². The Morgan fingerprint density at radius 2 is 1.80 bits per heavy atom. The zero-order valence-corrected chi connectivity index (χ0v) is 38.9. The summed E-state index contributed by atoms with van der Waals surface area (Å²) in [5, 5.41) is 25.4. The van der Waals surface area contributed by atoms with Gasteiger partial charge < -0.3 is 25.0 Å². The van der Waals surface area contributed by atoms with Gasteiger partial charge in [0, 0.05) is 62.8 Å². The van der Waals surface area contributed by atoms with Crippen LogP contribution in [0.2, 0.25) is 5.15 Å². The number of halogens is 2. The number of aliphatic hydroxyl groups is 1. The second-order valence-corrected chi connectivity index (χ2v) is 21.5. The van der Waals surface area contributed by atoms with Gasteiger partial charge in [-0.2, -0.15) is 0 Å². The molecule has 5 heterocycles. The lowest BCUT2D eigenvalue weighted by atomic mass is 9.70. The van der Waals surface area contributed by atoms with E-state index in [4.69, 9.17) is 16.3 Å². The number of likely N-dealkylation sites (tertiary alicyclic amines) is 1. The maximum absolute atomic E-state index is 14.7. The number of hydrogen-bond donors (Lipinski definition) is 4. The minimum Gasteiger partial charge on any atom is -0.453 e. The van der Waals surface area contributed by atoms with Crippen molar-refractivity contribution in [1.29, 1.82) is 0 Å². The Bertz CT molecular complexity index is 2760. The standard InChI is InChI=1S/C48H56ClFN8O7S/c1-29(2)33-7-4-5-8-34(33)35-9-6-10-39(35)57-27-48(28-57)17-19-56(20-18-48)31-11-12-36(41(21-31)65-42-23-37-38(50)26-53-44(37)54-43(42)49)46(59)55-66(63,64)32-22-40(58(61)62)45(52-25-32)51-24-30-13-15-47(3,60)16-14-30/h4-5,7-8,11-12,21-23,25-26,29-30,35,39,60H,6,9-10,13-20,24,27-28H2,1-3H3,(H,51,52)(H,53,54)(H,55,59)/t30-,35-,39-,47-/m1/s1. The molecule has 2 atom stereocenters. The van der Waals surface area contributed by atoms with Gasteiger partial charge in [0.05, 0.1) is 27.7 Å². The van der Waals surface area contributed by atoms with Crippen molar-refractivity contribution in [3.05, 3.63) is 105 Å². The van der Waals surface area contributed by atoms with Crippen molar-refractivity contribution in [2.45, 2.75) is 107 Å². The molecule has 0 radical (unpaired) electrons. The summed E-state index contributed by atoms with van der Waals surface area (Å²) in [6.45, 7) is 10.3. The number of nitrogens with zero attached hydrogens (tertiary/aromatic N) is 5. The molecule has 0 bridgehead atoms. The number of H-pyrrole nitrogens is 1. The van der Waals surface area contributed by atoms with Crippen LogP contribution in [0.3, 0.4) is 0 Å². The maximum atomic E-state index is 14.7. The normalized spacial score (nSPS) is 23.3. The largest absolute Gasteiger partial charge is 0.453 e. The van der Waals surface area contributed by atoms with Crippen LogP contribution in [-0.2, 0) is 10.0 Å². The van der Waals surface area contributed by atoms with Gasteiger partial charge in [-0.3, -0.25) is 19.8 Å². The van der Waals surface area contributed by atoms with Gasteiger partial charge in [0.25, 0.3) is 15.9 Å². The number of ether oxygens (including phenoxy) is 1. The number of pyridine rings is 2. The minimum absolute atomic E-state index is 0.0591. The van der Waals surface area contributed by atoms with E-state index >= 15 is 0 Å². The molecule has 2 aromatic carbocycles. The summed E-state index contributed by atoms with van der Waals surface area (Å²) in [4.78, 5) is 40.7. The number of anilines is 2. The molecule has 4 aliphatic rings. The number of sulfonamides is 1. The maximum Gasteiger partial charge on any atom is 0.312 e. The number of aromatic amines is 1. The van der Waals surface area contributed by atoms with E-state index in [1.54, 1.807) is 19.1 Å². The van der Waals surface area contributed by atoms with Gasteiger partial charge in [0.1, 0.15) is 22.1 Å². The van der Waals surface area contributed by atoms with Gasteiger partial charge in [-0.25, -0.2) is 27.5 Å². The average Bonchev–Trinajstić information content (AvgIpc) is 3.91. The van der Waals surface area contributed by atoms with Gasteiger partial charge in [-0.1, -0.05) is 56.1 Å². The molecule has 2 saturated carbocycles. The molecule has 1 spiro atoms. The Hall–Kier alpha value is -5.36. The number of nitrogens with one attached hydrogen (secondary N) is 3. The number of carbonyl (C=O) groups excluding carboxylic acids is 1. The second kappa shape index (κ2) is 18.0. The molecule has 3 aromatic heterocycles. The summed E-state index contributed by atoms with van der Waals surface area (Å²) in [6.07, 6.45) is 10.3. The third kappa shape index (κ3) is 9.31. The lowest BCUT2D eigenvalue weighted by Gasteiger charge is -2.57. The number of aromatic nitrogens is 3. The molecular formula is C48H56ClFN8O7S. The summed E-state index contributed by atoms with van der Waals surface area (Å²) >= 11 is 6.51. The number of benzene rings is 2. The van der Waals surface area contributed by atoms with Crippen LogP contribution < -0.4 is 19.7 Å². The number of hydrogen-bond acceptors (Lipinski definition) is 12. The van der Waals surface area contributed by atoms with E-state index < -0.39 is 42.9 Å². The Morgan fingerprint density at radius 1 is 1.06 bits per heavy atom. The predicted molar refractivity (Wildman–Crippen MR) is 251 cm³/mol. The van der Waals surface area contributed by atoms with E-state index in [-0.39, 0.29) is 50.4 Å². The van der Waals surface area contributed by atoms with E-state index in [1.165, 1.54) is 42.5 Å². The van der Waals surface area contributed by atoms with Crippen LogP contribution in [0.1, 0.15) is 112 Å². The zero-order valence-electron chi connectivity index (χ0n) is 37.4. The fourth-order valence-corrected chi connectivity index (χ4v) is 11.8. The highest BCUT2D eigenvalue weighted by Crippen LogP contribution is 2.49. The van der Waals surface area contributed by atoms with Gasteiger partial charge in [-0.05, 0) is 111 Å². The predicted octanol–water partition coefficient (Wildman–Crippen LogP) is 9.28. The van der Waals surface area contributed by atoms with E-state index in [0.717, 1.165) is 63.2 Å². The lowest BCUT2D eigenvalue weighted by molar-refractivity contribution is -0.384. The van der Waals surface area contributed by atoms with Crippen LogP contribution in [0.5, 0.6) is 11.5 Å². The van der Waals surface area contributed by atoms with Gasteiger partial charge >= 0.3 is 5.69 Å². The van der Waals surface area contributed by atoms with Crippen LogP contribution in [0, 0.1) is 27.3 Å². The van der Waals surface area contributed by atoms with Crippen LogP contribution >= 0.6 is 11.6 Å². The molecular weight excluding hydrogens is 887 g/mol. The summed E-state index contributed by atoms with van der Waals surface area (Å²) in [6, 6.07) is 16.5. The number of nitro groups is 1. The lowest BCUT2D eigenvalue weighted by Crippen LogP contribution is -2.63. The number of rotatable bonds is 13. The molecule has 66 heavy (non-hydrogen) atoms. The molecule has 2 aliphatic carbocycles. The molecule has 350 valence electrons. The topological polar surface area (TPSA) is 196 Å². The monoisotopic (exact) mass is 942 g/mol. The Balaban J connectivity index is 0.917. The SMILES string of the molecule is CC(C)c1ccccc1[C@H]1CCC[C@H]1N1CC2(CCN(c3ccc(C(=O)NS(=O)(=O)c4cnc(NC[C@H]5CC[C@](C)(O)CC5)c([N+](=O)[O-])c4)c(Oc4cc5c(F)c[nH]c5nc4Cl)c3)CC2)C1. The van der Waals surface area contributed by atoms with Gasteiger partial charge in [0.15, 0.2) is 10.9 Å². The second-order valence-electron chi connectivity index (χ2n) is 19.4. The smallest absolute Gasteiger partial charge is 0.312 e. The molecule has 4 fully saturated rings. The molecule has 15 nitrogen and oxygen atoms in total. The van der Waals surface area contributed by atoms with E-state index in [0.29, 0.717) is 50.1 Å². The van der Waals surface area contributed by atoms with Crippen molar-refractivity contribution in [3.8, 4) is 11.5 Å². The highest BCUT2D eigenvalue weighted by molar-refractivity contribution is 7.90. The highest BCUT2D eigenvalue weighted by Gasteiger charge is 2.49. The van der Waals surface area contributed by atoms with Crippen LogP contribution in [0.15, 0.2) is 71.9 Å². The molecule has 0 unspecified atom stereocenters.